The number of carbonyl (C=O) groups is 2. The molecule has 3 rings (SSSR count). The molecule has 1 fully saturated rings. The maximum absolute atomic E-state index is 12.4. The molecule has 0 spiro atoms. The molecule has 0 bridgehead atoms. The van der Waals surface area contributed by atoms with Crippen molar-refractivity contribution in [1.82, 2.24) is 0 Å². The van der Waals surface area contributed by atoms with Crippen LogP contribution < -0.4 is 10.6 Å². The fourth-order valence-electron chi connectivity index (χ4n) is 3.00. The molecular weight excluding hydrogens is 292 g/mol. The van der Waals surface area contributed by atoms with Crippen LogP contribution in [0.15, 0.2) is 54.6 Å². The second-order valence-corrected chi connectivity index (χ2v) is 6.07. The predicted molar refractivity (Wildman–Crippen MR) is 87.2 cm³/mol. The first-order valence-corrected chi connectivity index (χ1v) is 7.37. The summed E-state index contributed by atoms with van der Waals surface area (Å²) in [4.78, 5) is 25.4. The first-order chi connectivity index (χ1) is 10.9. The SMILES string of the molecule is CC1(C)OC(=O)N(c2cccc(C(N)=O)c2)C1c1ccccc1. The van der Waals surface area contributed by atoms with Crippen LogP contribution in [-0.4, -0.2) is 17.6 Å². The zero-order valence-corrected chi connectivity index (χ0v) is 13.0. The summed E-state index contributed by atoms with van der Waals surface area (Å²) in [5.74, 6) is -0.532. The van der Waals surface area contributed by atoms with Crippen LogP contribution in [0.2, 0.25) is 0 Å². The average Bonchev–Trinajstić information content (AvgIpc) is 2.77. The molecule has 1 aliphatic rings. The summed E-state index contributed by atoms with van der Waals surface area (Å²) in [6, 6.07) is 16.1. The summed E-state index contributed by atoms with van der Waals surface area (Å²) in [6.45, 7) is 3.75. The molecule has 5 nitrogen and oxygen atoms in total. The quantitative estimate of drug-likeness (QED) is 0.945. The van der Waals surface area contributed by atoms with E-state index in [0.717, 1.165) is 5.56 Å². The highest BCUT2D eigenvalue weighted by molar-refractivity contribution is 5.96. The summed E-state index contributed by atoms with van der Waals surface area (Å²) < 4.78 is 5.55. The Morgan fingerprint density at radius 2 is 1.83 bits per heavy atom. The van der Waals surface area contributed by atoms with Crippen LogP contribution in [0.1, 0.15) is 35.8 Å². The number of rotatable bonds is 3. The number of hydrogen-bond donors (Lipinski definition) is 1. The lowest BCUT2D eigenvalue weighted by Gasteiger charge is -2.29. The largest absolute Gasteiger partial charge is 0.441 e. The van der Waals surface area contributed by atoms with Crippen molar-refractivity contribution in [3.05, 3.63) is 65.7 Å². The van der Waals surface area contributed by atoms with Crippen molar-refractivity contribution < 1.29 is 14.3 Å². The molecule has 5 heteroatoms. The van der Waals surface area contributed by atoms with Crippen LogP contribution in [0, 0.1) is 0 Å². The molecule has 23 heavy (non-hydrogen) atoms. The Labute approximate surface area is 134 Å². The van der Waals surface area contributed by atoms with Crippen molar-refractivity contribution in [2.75, 3.05) is 4.90 Å². The number of nitrogens with zero attached hydrogens (tertiary/aromatic N) is 1. The lowest BCUT2D eigenvalue weighted by molar-refractivity contribution is 0.0685. The van der Waals surface area contributed by atoms with Gasteiger partial charge in [-0.3, -0.25) is 9.69 Å². The van der Waals surface area contributed by atoms with Crippen molar-refractivity contribution in [1.29, 1.82) is 0 Å². The summed E-state index contributed by atoms with van der Waals surface area (Å²) in [7, 11) is 0. The number of cyclic esters (lactones) is 1. The van der Waals surface area contributed by atoms with E-state index >= 15 is 0 Å². The number of anilines is 1. The Morgan fingerprint density at radius 3 is 2.48 bits per heavy atom. The smallest absolute Gasteiger partial charge is 0.415 e. The van der Waals surface area contributed by atoms with Gasteiger partial charge in [-0.25, -0.2) is 4.79 Å². The van der Waals surface area contributed by atoms with Gasteiger partial charge in [-0.05, 0) is 37.6 Å². The highest BCUT2D eigenvalue weighted by atomic mass is 16.6. The van der Waals surface area contributed by atoms with Crippen LogP contribution in [0.3, 0.4) is 0 Å². The molecule has 118 valence electrons. The number of nitrogens with two attached hydrogens (primary N) is 1. The number of benzene rings is 2. The number of primary amides is 1. The van der Waals surface area contributed by atoms with Gasteiger partial charge in [-0.2, -0.15) is 0 Å². The van der Waals surface area contributed by atoms with Gasteiger partial charge in [0.15, 0.2) is 0 Å². The molecule has 1 saturated heterocycles. The lowest BCUT2D eigenvalue weighted by Crippen LogP contribution is -2.33. The maximum Gasteiger partial charge on any atom is 0.415 e. The third-order valence-electron chi connectivity index (χ3n) is 3.99. The van der Waals surface area contributed by atoms with Crippen molar-refractivity contribution in [2.24, 2.45) is 5.73 Å². The Balaban J connectivity index is 2.10. The summed E-state index contributed by atoms with van der Waals surface area (Å²) in [5, 5.41) is 0. The number of amides is 2. The molecule has 2 aromatic rings. The van der Waals surface area contributed by atoms with E-state index < -0.39 is 17.6 Å². The summed E-state index contributed by atoms with van der Waals surface area (Å²) >= 11 is 0. The lowest BCUT2D eigenvalue weighted by atomic mass is 9.91. The van der Waals surface area contributed by atoms with Gasteiger partial charge in [0.2, 0.25) is 5.91 Å². The maximum atomic E-state index is 12.4. The average molecular weight is 310 g/mol. The van der Waals surface area contributed by atoms with Gasteiger partial charge in [0.25, 0.3) is 0 Å². The van der Waals surface area contributed by atoms with E-state index in [-0.39, 0.29) is 6.04 Å². The number of carbonyl (C=O) groups excluding carboxylic acids is 2. The molecule has 0 aliphatic carbocycles. The molecule has 2 N–H and O–H groups in total. The van der Waals surface area contributed by atoms with Crippen LogP contribution in [0.25, 0.3) is 0 Å². The van der Waals surface area contributed by atoms with Crippen molar-refractivity contribution in [3.63, 3.8) is 0 Å². The molecule has 1 heterocycles. The second-order valence-electron chi connectivity index (χ2n) is 6.07. The highest BCUT2D eigenvalue weighted by Gasteiger charge is 2.49. The Hall–Kier alpha value is -2.82. The van der Waals surface area contributed by atoms with Gasteiger partial charge >= 0.3 is 6.09 Å². The summed E-state index contributed by atoms with van der Waals surface area (Å²) in [6.07, 6.45) is -0.439. The van der Waals surface area contributed by atoms with E-state index in [0.29, 0.717) is 11.3 Å². The van der Waals surface area contributed by atoms with Gasteiger partial charge in [0, 0.05) is 11.3 Å². The zero-order valence-electron chi connectivity index (χ0n) is 13.0. The molecule has 2 aromatic carbocycles. The Morgan fingerprint density at radius 1 is 1.13 bits per heavy atom. The molecule has 2 amide bonds. The fraction of sp³-hybridized carbons (Fsp3) is 0.222. The van der Waals surface area contributed by atoms with E-state index in [1.165, 1.54) is 0 Å². The molecule has 0 saturated carbocycles. The predicted octanol–water partition coefficient (Wildman–Crippen LogP) is 3.26. The third kappa shape index (κ3) is 2.65. The third-order valence-corrected chi connectivity index (χ3v) is 3.99. The summed E-state index contributed by atoms with van der Waals surface area (Å²) in [5.41, 5.74) is 6.56. The van der Waals surface area contributed by atoms with Crippen LogP contribution >= 0.6 is 0 Å². The number of hydrogen-bond acceptors (Lipinski definition) is 3. The van der Waals surface area contributed by atoms with Crippen molar-refractivity contribution in [2.45, 2.75) is 25.5 Å². The van der Waals surface area contributed by atoms with E-state index in [9.17, 15) is 9.59 Å². The standard InChI is InChI=1S/C18H18N2O3/c1-18(2)15(12-7-4-3-5-8-12)20(17(22)23-18)14-10-6-9-13(11-14)16(19)21/h3-11,15H,1-2H3,(H2,19,21). The minimum absolute atomic E-state index is 0.292. The van der Waals surface area contributed by atoms with Crippen LogP contribution in [-0.2, 0) is 4.74 Å². The van der Waals surface area contributed by atoms with Gasteiger partial charge < -0.3 is 10.5 Å². The minimum atomic E-state index is -0.693. The second kappa shape index (κ2) is 5.43. The molecule has 1 unspecified atom stereocenters. The first-order valence-electron chi connectivity index (χ1n) is 7.37. The van der Waals surface area contributed by atoms with Crippen molar-refractivity contribution >= 4 is 17.7 Å². The normalized spacial score (nSPS) is 19.5. The zero-order chi connectivity index (χ0) is 16.6. The highest BCUT2D eigenvalue weighted by Crippen LogP contribution is 2.43. The first kappa shape index (κ1) is 15.1. The van der Waals surface area contributed by atoms with Gasteiger partial charge in [-0.15, -0.1) is 0 Å². The van der Waals surface area contributed by atoms with Crippen LogP contribution in [0.4, 0.5) is 10.5 Å². The number of ether oxygens (including phenoxy) is 1. The minimum Gasteiger partial charge on any atom is -0.441 e. The van der Waals surface area contributed by atoms with E-state index in [1.807, 2.05) is 44.2 Å². The Bertz CT molecular complexity index is 756. The Kier molecular flexibility index (Phi) is 3.56. The fourth-order valence-corrected chi connectivity index (χ4v) is 3.00. The van der Waals surface area contributed by atoms with Gasteiger partial charge in [0.1, 0.15) is 11.6 Å². The monoisotopic (exact) mass is 310 g/mol. The van der Waals surface area contributed by atoms with E-state index in [2.05, 4.69) is 0 Å². The van der Waals surface area contributed by atoms with E-state index in [1.54, 1.807) is 29.2 Å². The van der Waals surface area contributed by atoms with Crippen molar-refractivity contribution in [3.8, 4) is 0 Å². The molecule has 0 radical (unpaired) electrons. The van der Waals surface area contributed by atoms with Crippen LogP contribution in [0.5, 0.6) is 0 Å². The van der Waals surface area contributed by atoms with Gasteiger partial charge in [0.05, 0.1) is 0 Å². The van der Waals surface area contributed by atoms with E-state index in [4.69, 9.17) is 10.5 Å². The molecule has 1 aliphatic heterocycles. The molecule has 0 aromatic heterocycles. The van der Waals surface area contributed by atoms with Gasteiger partial charge in [-0.1, -0.05) is 36.4 Å². The topological polar surface area (TPSA) is 72.6 Å². The molecular formula is C18H18N2O3. The molecule has 1 atom stereocenters.